The third-order valence-electron chi connectivity index (χ3n) is 2.87. The second kappa shape index (κ2) is 6.09. The molecule has 2 aromatic carbocycles. The predicted octanol–water partition coefficient (Wildman–Crippen LogP) is 4.40. The van der Waals surface area contributed by atoms with Gasteiger partial charge in [0.15, 0.2) is 0 Å². The fraction of sp³-hybridized carbons (Fsp3) is 0.133. The van der Waals surface area contributed by atoms with Gasteiger partial charge in [-0.1, -0.05) is 53.5 Å². The molecule has 4 heteroatoms. The van der Waals surface area contributed by atoms with E-state index in [4.69, 9.17) is 23.2 Å². The number of carbonyl (C=O) groups is 1. The van der Waals surface area contributed by atoms with Gasteiger partial charge in [0, 0.05) is 10.0 Å². The van der Waals surface area contributed by atoms with Crippen LogP contribution in [-0.4, -0.2) is 11.1 Å². The zero-order valence-corrected chi connectivity index (χ0v) is 11.5. The Morgan fingerprint density at radius 3 is 2.16 bits per heavy atom. The third kappa shape index (κ3) is 3.72. The van der Waals surface area contributed by atoms with E-state index in [0.29, 0.717) is 22.0 Å². The van der Waals surface area contributed by atoms with Gasteiger partial charge in [-0.15, -0.1) is 0 Å². The molecule has 98 valence electrons. The highest BCUT2D eigenvalue weighted by Crippen LogP contribution is 2.27. The van der Waals surface area contributed by atoms with E-state index in [2.05, 4.69) is 0 Å². The highest BCUT2D eigenvalue weighted by atomic mass is 35.5. The summed E-state index contributed by atoms with van der Waals surface area (Å²) < 4.78 is 0. The molecule has 0 heterocycles. The SMILES string of the molecule is O=C(O)C(Cc1ccccc1)c1cc(Cl)cc(Cl)c1. The standard InChI is InChI=1S/C15H12Cl2O2/c16-12-7-11(8-13(17)9-12)14(15(18)19)6-10-4-2-1-3-5-10/h1-5,7-9,14H,6H2,(H,18,19). The minimum Gasteiger partial charge on any atom is -0.481 e. The van der Waals surface area contributed by atoms with Crippen LogP contribution in [0.3, 0.4) is 0 Å². The van der Waals surface area contributed by atoms with Crippen molar-refractivity contribution in [2.24, 2.45) is 0 Å². The quantitative estimate of drug-likeness (QED) is 0.907. The summed E-state index contributed by atoms with van der Waals surface area (Å²) >= 11 is 11.8. The molecule has 1 unspecified atom stereocenters. The Bertz CT molecular complexity index is 562. The summed E-state index contributed by atoms with van der Waals surface area (Å²) in [5.41, 5.74) is 1.58. The Morgan fingerprint density at radius 1 is 1.05 bits per heavy atom. The lowest BCUT2D eigenvalue weighted by Gasteiger charge is -2.13. The summed E-state index contributed by atoms with van der Waals surface area (Å²) in [5, 5.41) is 10.3. The minimum absolute atomic E-state index is 0.410. The van der Waals surface area contributed by atoms with Gasteiger partial charge in [-0.3, -0.25) is 4.79 Å². The number of hydrogen-bond acceptors (Lipinski definition) is 1. The topological polar surface area (TPSA) is 37.3 Å². The fourth-order valence-corrected chi connectivity index (χ4v) is 2.52. The Balaban J connectivity index is 2.32. The van der Waals surface area contributed by atoms with Crippen LogP contribution in [0.5, 0.6) is 0 Å². The van der Waals surface area contributed by atoms with Crippen LogP contribution in [0, 0.1) is 0 Å². The summed E-state index contributed by atoms with van der Waals surface area (Å²) in [6.45, 7) is 0. The van der Waals surface area contributed by atoms with Crippen molar-refractivity contribution in [2.45, 2.75) is 12.3 Å². The van der Waals surface area contributed by atoms with Crippen LogP contribution >= 0.6 is 23.2 Å². The zero-order valence-electron chi connectivity index (χ0n) is 10.0. The van der Waals surface area contributed by atoms with Crippen molar-refractivity contribution in [3.8, 4) is 0 Å². The number of benzene rings is 2. The number of carboxylic acid groups (broad SMARTS) is 1. The smallest absolute Gasteiger partial charge is 0.311 e. The molecule has 2 aromatic rings. The Morgan fingerprint density at radius 2 is 1.63 bits per heavy atom. The number of halogens is 2. The van der Waals surface area contributed by atoms with Gasteiger partial charge in [-0.05, 0) is 35.7 Å². The normalized spacial score (nSPS) is 12.1. The molecule has 0 aromatic heterocycles. The first kappa shape index (κ1) is 13.9. The van der Waals surface area contributed by atoms with E-state index in [1.54, 1.807) is 18.2 Å². The van der Waals surface area contributed by atoms with Gasteiger partial charge in [0.25, 0.3) is 0 Å². The molecule has 19 heavy (non-hydrogen) atoms. The van der Waals surface area contributed by atoms with Gasteiger partial charge in [0.2, 0.25) is 0 Å². The number of aliphatic carboxylic acids is 1. The molecule has 1 N–H and O–H groups in total. The monoisotopic (exact) mass is 294 g/mol. The predicted molar refractivity (Wildman–Crippen MR) is 77.0 cm³/mol. The first-order chi connectivity index (χ1) is 9.06. The van der Waals surface area contributed by atoms with Crippen LogP contribution in [0.15, 0.2) is 48.5 Å². The van der Waals surface area contributed by atoms with Crippen molar-refractivity contribution in [3.05, 3.63) is 69.7 Å². The van der Waals surface area contributed by atoms with E-state index in [0.717, 1.165) is 5.56 Å². The van der Waals surface area contributed by atoms with E-state index in [1.165, 1.54) is 0 Å². The molecule has 0 fully saturated rings. The molecule has 0 spiro atoms. The molecule has 0 amide bonds. The van der Waals surface area contributed by atoms with Crippen molar-refractivity contribution in [1.82, 2.24) is 0 Å². The van der Waals surface area contributed by atoms with Gasteiger partial charge in [0.1, 0.15) is 0 Å². The van der Waals surface area contributed by atoms with Gasteiger partial charge >= 0.3 is 5.97 Å². The van der Waals surface area contributed by atoms with Crippen molar-refractivity contribution < 1.29 is 9.90 Å². The van der Waals surface area contributed by atoms with E-state index >= 15 is 0 Å². The maximum Gasteiger partial charge on any atom is 0.311 e. The maximum absolute atomic E-state index is 11.4. The molecular formula is C15H12Cl2O2. The van der Waals surface area contributed by atoms with Crippen LogP contribution < -0.4 is 0 Å². The summed E-state index contributed by atoms with van der Waals surface area (Å²) in [5.74, 6) is -1.54. The molecule has 0 saturated heterocycles. The second-order valence-electron chi connectivity index (χ2n) is 4.28. The summed E-state index contributed by atoms with van der Waals surface area (Å²) in [7, 11) is 0. The third-order valence-corrected chi connectivity index (χ3v) is 3.30. The van der Waals surface area contributed by atoms with Gasteiger partial charge in [-0.2, -0.15) is 0 Å². The van der Waals surface area contributed by atoms with Crippen LogP contribution in [0.1, 0.15) is 17.0 Å². The summed E-state index contributed by atoms with van der Waals surface area (Å²) in [6.07, 6.45) is 0.410. The molecule has 0 saturated carbocycles. The van der Waals surface area contributed by atoms with E-state index < -0.39 is 11.9 Å². The molecule has 2 nitrogen and oxygen atoms in total. The first-order valence-electron chi connectivity index (χ1n) is 5.79. The van der Waals surface area contributed by atoms with Crippen molar-refractivity contribution in [3.63, 3.8) is 0 Å². The number of hydrogen-bond donors (Lipinski definition) is 1. The van der Waals surface area contributed by atoms with Gasteiger partial charge in [-0.25, -0.2) is 0 Å². The van der Waals surface area contributed by atoms with Crippen LogP contribution in [0.25, 0.3) is 0 Å². The Labute approximate surface area is 121 Å². The molecule has 0 aliphatic carbocycles. The van der Waals surface area contributed by atoms with E-state index in [1.807, 2.05) is 30.3 Å². The average molecular weight is 295 g/mol. The molecule has 0 bridgehead atoms. The Kier molecular flexibility index (Phi) is 4.46. The highest BCUT2D eigenvalue weighted by Gasteiger charge is 2.21. The van der Waals surface area contributed by atoms with E-state index in [9.17, 15) is 9.90 Å². The largest absolute Gasteiger partial charge is 0.481 e. The number of rotatable bonds is 4. The van der Waals surface area contributed by atoms with Crippen LogP contribution in [0.4, 0.5) is 0 Å². The van der Waals surface area contributed by atoms with Crippen molar-refractivity contribution >= 4 is 29.2 Å². The molecule has 0 aliphatic heterocycles. The van der Waals surface area contributed by atoms with E-state index in [-0.39, 0.29) is 0 Å². The lowest BCUT2D eigenvalue weighted by Crippen LogP contribution is -2.14. The van der Waals surface area contributed by atoms with Gasteiger partial charge < -0.3 is 5.11 Å². The van der Waals surface area contributed by atoms with Crippen molar-refractivity contribution in [2.75, 3.05) is 0 Å². The highest BCUT2D eigenvalue weighted by molar-refractivity contribution is 6.34. The fourth-order valence-electron chi connectivity index (χ4n) is 1.97. The number of carboxylic acids is 1. The van der Waals surface area contributed by atoms with Crippen LogP contribution in [0.2, 0.25) is 10.0 Å². The minimum atomic E-state index is -0.887. The molecule has 0 aliphatic rings. The summed E-state index contributed by atoms with van der Waals surface area (Å²) in [6, 6.07) is 14.4. The lowest BCUT2D eigenvalue weighted by atomic mass is 9.92. The van der Waals surface area contributed by atoms with Gasteiger partial charge in [0.05, 0.1) is 5.92 Å². The molecule has 1 atom stereocenters. The molecule has 2 rings (SSSR count). The zero-order chi connectivity index (χ0) is 13.8. The summed E-state index contributed by atoms with van der Waals surface area (Å²) in [4.78, 5) is 11.4. The second-order valence-corrected chi connectivity index (χ2v) is 5.16. The average Bonchev–Trinajstić information content (AvgIpc) is 2.35. The Hall–Kier alpha value is -1.51. The van der Waals surface area contributed by atoms with Crippen LogP contribution in [-0.2, 0) is 11.2 Å². The lowest BCUT2D eigenvalue weighted by molar-refractivity contribution is -0.138. The van der Waals surface area contributed by atoms with Crippen molar-refractivity contribution in [1.29, 1.82) is 0 Å². The molecular weight excluding hydrogens is 283 g/mol. The molecule has 0 radical (unpaired) electrons. The first-order valence-corrected chi connectivity index (χ1v) is 6.54. The maximum atomic E-state index is 11.4.